The number of nitrogens with one attached hydrogen (secondary N) is 2. The third kappa shape index (κ3) is 3.43. The Hall–Kier alpha value is -4.26. The van der Waals surface area contributed by atoms with Crippen LogP contribution in [0.1, 0.15) is 27.2 Å². The maximum atomic E-state index is 13.3. The third-order valence-corrected chi connectivity index (χ3v) is 5.42. The zero-order valence-electron chi connectivity index (χ0n) is 18.0. The highest BCUT2D eigenvalue weighted by atomic mass is 16.1. The summed E-state index contributed by atoms with van der Waals surface area (Å²) in [6.07, 6.45) is 3.26. The van der Waals surface area contributed by atoms with E-state index in [2.05, 4.69) is 25.6 Å². The van der Waals surface area contributed by atoms with Crippen LogP contribution in [0.3, 0.4) is 0 Å². The highest BCUT2D eigenvalue weighted by Crippen LogP contribution is 2.32. The molecule has 5 rings (SSSR count). The lowest BCUT2D eigenvalue weighted by atomic mass is 10.0. The van der Waals surface area contributed by atoms with E-state index in [0.29, 0.717) is 11.2 Å². The Morgan fingerprint density at radius 1 is 1.03 bits per heavy atom. The van der Waals surface area contributed by atoms with E-state index in [0.717, 1.165) is 45.0 Å². The summed E-state index contributed by atoms with van der Waals surface area (Å²) < 4.78 is 1.70. The number of fused-ring (bicyclic) bond motifs is 1. The first-order chi connectivity index (χ1) is 15.5. The molecule has 0 bridgehead atoms. The van der Waals surface area contributed by atoms with Crippen molar-refractivity contribution in [3.05, 3.63) is 89.4 Å². The van der Waals surface area contributed by atoms with Crippen molar-refractivity contribution in [2.45, 2.75) is 20.8 Å². The lowest BCUT2D eigenvalue weighted by Crippen LogP contribution is -2.14. The maximum Gasteiger partial charge on any atom is 0.261 e. The molecule has 1 amide bonds. The molecule has 0 fully saturated rings. The van der Waals surface area contributed by atoms with Crippen LogP contribution in [-0.2, 0) is 0 Å². The molecule has 3 heterocycles. The van der Waals surface area contributed by atoms with Gasteiger partial charge in [-0.2, -0.15) is 10.2 Å². The number of amides is 1. The number of carbonyl (C=O) groups excluding carboxylic acids is 1. The predicted octanol–water partition coefficient (Wildman–Crippen LogP) is 4.96. The van der Waals surface area contributed by atoms with Gasteiger partial charge in [0, 0.05) is 23.0 Å². The molecule has 0 atom stereocenters. The van der Waals surface area contributed by atoms with Crippen LogP contribution < -0.4 is 5.32 Å². The first kappa shape index (κ1) is 19.7. The molecule has 2 N–H and O–H groups in total. The summed E-state index contributed by atoms with van der Waals surface area (Å²) in [5, 5.41) is 14.9. The van der Waals surface area contributed by atoms with Crippen LogP contribution in [0.15, 0.2) is 67.0 Å². The van der Waals surface area contributed by atoms with Gasteiger partial charge in [-0.05, 0) is 44.5 Å². The van der Waals surface area contributed by atoms with Gasteiger partial charge in [0.25, 0.3) is 5.91 Å². The van der Waals surface area contributed by atoms with E-state index in [1.165, 1.54) is 0 Å². The first-order valence-corrected chi connectivity index (χ1v) is 10.3. The SMILES string of the molecule is Cc1cc(C)c(NC(=O)c2cnn3c(-c4ccccc4)ccnc23)c(-c2cc(C)[nH]n2)c1. The number of carbonyl (C=O) groups is 1. The standard InChI is InChI=1S/C25H22N6O/c1-15-11-16(2)23(19(12-15)21-13-17(3)29-30-21)28-25(32)20-14-27-31-22(9-10-26-24(20)31)18-7-5-4-6-8-18/h4-14H,1-3H3,(H,28,32)(H,29,30). The number of anilines is 1. The van der Waals surface area contributed by atoms with E-state index in [4.69, 9.17) is 0 Å². The monoisotopic (exact) mass is 422 g/mol. The van der Waals surface area contributed by atoms with Gasteiger partial charge in [0.1, 0.15) is 5.56 Å². The normalized spacial score (nSPS) is 11.1. The fraction of sp³-hybridized carbons (Fsp3) is 0.120. The molecule has 158 valence electrons. The smallest absolute Gasteiger partial charge is 0.261 e. The lowest BCUT2D eigenvalue weighted by molar-refractivity contribution is 0.102. The lowest BCUT2D eigenvalue weighted by Gasteiger charge is -2.14. The van der Waals surface area contributed by atoms with Gasteiger partial charge in [-0.3, -0.25) is 9.89 Å². The number of hydrogen-bond acceptors (Lipinski definition) is 4. The molecule has 0 saturated carbocycles. The number of aryl methyl sites for hydroxylation is 3. The van der Waals surface area contributed by atoms with E-state index in [-0.39, 0.29) is 5.91 Å². The van der Waals surface area contributed by atoms with Crippen LogP contribution in [0.25, 0.3) is 28.2 Å². The van der Waals surface area contributed by atoms with Crippen LogP contribution in [0, 0.1) is 20.8 Å². The minimum Gasteiger partial charge on any atom is -0.321 e. The largest absolute Gasteiger partial charge is 0.321 e. The zero-order chi connectivity index (χ0) is 22.2. The highest BCUT2D eigenvalue weighted by Gasteiger charge is 2.20. The van der Waals surface area contributed by atoms with Gasteiger partial charge in [-0.25, -0.2) is 9.50 Å². The second-order valence-electron chi connectivity index (χ2n) is 7.88. The van der Waals surface area contributed by atoms with Gasteiger partial charge in [-0.15, -0.1) is 0 Å². The van der Waals surface area contributed by atoms with Crippen molar-refractivity contribution in [2.24, 2.45) is 0 Å². The summed E-state index contributed by atoms with van der Waals surface area (Å²) in [6.45, 7) is 5.96. The fourth-order valence-electron chi connectivity index (χ4n) is 3.95. The van der Waals surface area contributed by atoms with E-state index >= 15 is 0 Å². The van der Waals surface area contributed by atoms with Crippen LogP contribution in [-0.4, -0.2) is 30.7 Å². The minimum absolute atomic E-state index is 0.266. The van der Waals surface area contributed by atoms with Crippen molar-refractivity contribution in [1.82, 2.24) is 24.8 Å². The molecule has 0 radical (unpaired) electrons. The molecule has 0 aliphatic carbocycles. The number of H-pyrrole nitrogens is 1. The molecule has 0 aliphatic heterocycles. The van der Waals surface area contributed by atoms with E-state index in [9.17, 15) is 4.79 Å². The third-order valence-electron chi connectivity index (χ3n) is 5.42. The van der Waals surface area contributed by atoms with E-state index in [1.54, 1.807) is 16.9 Å². The number of hydrogen-bond donors (Lipinski definition) is 2. The Bertz CT molecular complexity index is 1450. The number of benzene rings is 2. The summed E-state index contributed by atoms with van der Waals surface area (Å²) in [5.41, 5.74) is 8.18. The Morgan fingerprint density at radius 3 is 2.59 bits per heavy atom. The fourth-order valence-corrected chi connectivity index (χ4v) is 3.95. The van der Waals surface area contributed by atoms with Crippen molar-refractivity contribution in [2.75, 3.05) is 5.32 Å². The molecular formula is C25H22N6O. The number of aromatic nitrogens is 5. The molecule has 2 aromatic carbocycles. The van der Waals surface area contributed by atoms with Crippen LogP contribution in [0.4, 0.5) is 5.69 Å². The van der Waals surface area contributed by atoms with Gasteiger partial charge in [0.2, 0.25) is 0 Å². The van der Waals surface area contributed by atoms with E-state index in [1.807, 2.05) is 75.4 Å². The molecule has 32 heavy (non-hydrogen) atoms. The van der Waals surface area contributed by atoms with Gasteiger partial charge in [-0.1, -0.05) is 42.0 Å². The minimum atomic E-state index is -0.266. The van der Waals surface area contributed by atoms with Crippen LogP contribution in [0.2, 0.25) is 0 Å². The van der Waals surface area contributed by atoms with Crippen LogP contribution >= 0.6 is 0 Å². The molecule has 5 aromatic rings. The first-order valence-electron chi connectivity index (χ1n) is 10.3. The van der Waals surface area contributed by atoms with Crippen molar-refractivity contribution in [1.29, 1.82) is 0 Å². The van der Waals surface area contributed by atoms with Gasteiger partial charge >= 0.3 is 0 Å². The maximum absolute atomic E-state index is 13.3. The topological polar surface area (TPSA) is 88.0 Å². The second-order valence-corrected chi connectivity index (χ2v) is 7.88. The molecule has 0 spiro atoms. The van der Waals surface area contributed by atoms with Gasteiger partial charge in [0.05, 0.1) is 23.3 Å². The number of nitrogens with zero attached hydrogens (tertiary/aromatic N) is 4. The van der Waals surface area contributed by atoms with Crippen molar-refractivity contribution in [3.63, 3.8) is 0 Å². The molecule has 0 aliphatic rings. The molecule has 0 saturated heterocycles. The predicted molar refractivity (Wildman–Crippen MR) is 125 cm³/mol. The molecule has 0 unspecified atom stereocenters. The summed E-state index contributed by atoms with van der Waals surface area (Å²) in [5.74, 6) is -0.266. The van der Waals surface area contributed by atoms with Crippen molar-refractivity contribution >= 4 is 17.2 Å². The Labute approximate surface area is 185 Å². The molecule has 7 nitrogen and oxygen atoms in total. The second kappa shape index (κ2) is 7.77. The Balaban J connectivity index is 1.56. The Kier molecular flexibility index (Phi) is 4.78. The highest BCUT2D eigenvalue weighted by molar-refractivity contribution is 6.10. The number of rotatable bonds is 4. The van der Waals surface area contributed by atoms with Crippen molar-refractivity contribution < 1.29 is 4.79 Å². The molecule has 3 aromatic heterocycles. The molecule has 7 heteroatoms. The number of aromatic amines is 1. The van der Waals surface area contributed by atoms with Gasteiger partial charge < -0.3 is 5.32 Å². The quantitative estimate of drug-likeness (QED) is 0.428. The molecular weight excluding hydrogens is 400 g/mol. The zero-order valence-corrected chi connectivity index (χ0v) is 18.0. The average molecular weight is 422 g/mol. The summed E-state index contributed by atoms with van der Waals surface area (Å²) in [6, 6.07) is 17.8. The summed E-state index contributed by atoms with van der Waals surface area (Å²) in [4.78, 5) is 17.8. The summed E-state index contributed by atoms with van der Waals surface area (Å²) in [7, 11) is 0. The Morgan fingerprint density at radius 2 is 1.84 bits per heavy atom. The van der Waals surface area contributed by atoms with Crippen LogP contribution in [0.5, 0.6) is 0 Å². The summed E-state index contributed by atoms with van der Waals surface area (Å²) >= 11 is 0. The average Bonchev–Trinajstić information content (AvgIpc) is 3.42. The van der Waals surface area contributed by atoms with Crippen molar-refractivity contribution in [3.8, 4) is 22.5 Å². The van der Waals surface area contributed by atoms with Gasteiger partial charge in [0.15, 0.2) is 5.65 Å². The van der Waals surface area contributed by atoms with E-state index < -0.39 is 0 Å².